The van der Waals surface area contributed by atoms with E-state index in [-0.39, 0.29) is 11.3 Å². The number of methoxy groups -OCH3 is 1. The third-order valence-corrected chi connectivity index (χ3v) is 6.19. The highest BCUT2D eigenvalue weighted by molar-refractivity contribution is 6.46. The number of aliphatic hydroxyl groups excluding tert-OH is 1. The first-order valence-corrected chi connectivity index (χ1v) is 11.7. The highest BCUT2D eigenvalue weighted by Gasteiger charge is 2.46. The van der Waals surface area contributed by atoms with Crippen LogP contribution in [0.15, 0.2) is 54.2 Å². The molecule has 1 amide bonds. The number of ether oxygens (including phenoxy) is 2. The zero-order valence-electron chi connectivity index (χ0n) is 20.5. The quantitative estimate of drug-likeness (QED) is 0.275. The monoisotopic (exact) mass is 477 g/mol. The number of hydrogen-bond acceptors (Lipinski definition) is 6. The molecule has 0 spiro atoms. The van der Waals surface area contributed by atoms with Gasteiger partial charge in [-0.1, -0.05) is 24.3 Å². The van der Waals surface area contributed by atoms with E-state index in [1.165, 1.54) is 0 Å². The van der Waals surface area contributed by atoms with Crippen molar-refractivity contribution < 1.29 is 24.2 Å². The fourth-order valence-electron chi connectivity index (χ4n) is 4.56. The first kappa shape index (κ1) is 24.3. The van der Waals surface area contributed by atoms with Crippen LogP contribution in [-0.4, -0.2) is 72.5 Å². The molecule has 1 atom stereocenters. The van der Waals surface area contributed by atoms with E-state index in [0.29, 0.717) is 42.2 Å². The van der Waals surface area contributed by atoms with Crippen LogP contribution in [-0.2, 0) is 9.59 Å². The lowest BCUT2D eigenvalue weighted by Gasteiger charge is -2.26. The predicted octanol–water partition coefficient (Wildman–Crippen LogP) is 3.95. The van der Waals surface area contributed by atoms with Gasteiger partial charge >= 0.3 is 0 Å². The van der Waals surface area contributed by atoms with Gasteiger partial charge in [0.2, 0.25) is 0 Å². The molecule has 0 bridgehead atoms. The second-order valence-corrected chi connectivity index (χ2v) is 8.74. The molecule has 35 heavy (non-hydrogen) atoms. The molecular weight excluding hydrogens is 446 g/mol. The smallest absolute Gasteiger partial charge is 0.295 e. The van der Waals surface area contributed by atoms with Gasteiger partial charge in [0.05, 0.1) is 25.3 Å². The number of likely N-dealkylation sites (tertiary alicyclic amines) is 1. The molecule has 4 rings (SSSR count). The third kappa shape index (κ3) is 4.61. The average molecular weight is 478 g/mol. The van der Waals surface area contributed by atoms with Gasteiger partial charge in [-0.05, 0) is 57.7 Å². The van der Waals surface area contributed by atoms with Gasteiger partial charge in [-0.25, -0.2) is 0 Å². The van der Waals surface area contributed by atoms with E-state index in [0.717, 1.165) is 17.4 Å². The summed E-state index contributed by atoms with van der Waals surface area (Å²) in [7, 11) is 5.46. The predicted molar refractivity (Wildman–Crippen MR) is 135 cm³/mol. The number of fused-ring (bicyclic) bond motifs is 1. The van der Waals surface area contributed by atoms with Crippen LogP contribution in [0.4, 0.5) is 0 Å². The number of ketones is 1. The van der Waals surface area contributed by atoms with Crippen LogP contribution in [0.5, 0.6) is 11.5 Å². The topological polar surface area (TPSA) is 95.1 Å². The van der Waals surface area contributed by atoms with Gasteiger partial charge in [0.1, 0.15) is 5.76 Å². The van der Waals surface area contributed by atoms with Crippen molar-refractivity contribution in [1.29, 1.82) is 0 Å². The summed E-state index contributed by atoms with van der Waals surface area (Å²) in [5.41, 5.74) is 2.04. The van der Waals surface area contributed by atoms with E-state index < -0.39 is 17.7 Å². The van der Waals surface area contributed by atoms with Crippen LogP contribution < -0.4 is 9.47 Å². The van der Waals surface area contributed by atoms with Gasteiger partial charge in [-0.2, -0.15) is 0 Å². The second kappa shape index (κ2) is 10.2. The number of carbonyl (C=O) groups is 2. The normalized spacial score (nSPS) is 17.5. The van der Waals surface area contributed by atoms with Crippen LogP contribution in [0.1, 0.15) is 30.5 Å². The van der Waals surface area contributed by atoms with Crippen LogP contribution in [0, 0.1) is 0 Å². The molecule has 3 aromatic rings. The number of aromatic amines is 1. The van der Waals surface area contributed by atoms with Gasteiger partial charge in [0.15, 0.2) is 11.5 Å². The molecule has 0 saturated carbocycles. The molecule has 1 saturated heterocycles. The van der Waals surface area contributed by atoms with Crippen molar-refractivity contribution in [1.82, 2.24) is 14.8 Å². The molecule has 1 aliphatic rings. The molecule has 2 heterocycles. The van der Waals surface area contributed by atoms with Crippen LogP contribution in [0.25, 0.3) is 16.7 Å². The summed E-state index contributed by atoms with van der Waals surface area (Å²) >= 11 is 0. The molecular formula is C27H31N3O5. The zero-order chi connectivity index (χ0) is 25.1. The first-order chi connectivity index (χ1) is 16.9. The summed E-state index contributed by atoms with van der Waals surface area (Å²) in [6.45, 7) is 3.48. The molecule has 2 aromatic carbocycles. The minimum atomic E-state index is -0.754. The molecule has 8 nitrogen and oxygen atoms in total. The molecule has 1 aliphatic heterocycles. The van der Waals surface area contributed by atoms with Gasteiger partial charge in [0, 0.05) is 29.2 Å². The van der Waals surface area contributed by atoms with Gasteiger partial charge in [-0.3, -0.25) is 9.59 Å². The molecule has 1 aromatic heterocycles. The Balaban J connectivity index is 1.86. The highest BCUT2D eigenvalue weighted by atomic mass is 16.5. The Labute approximate surface area is 204 Å². The SMILES string of the molecule is CCOc1ccc(C2/C(=C(/O)c3c[nH]c4ccccc34)C(=O)C(=O)N2CCCN(C)C)cc1OC. The Hall–Kier alpha value is -3.78. The number of nitrogens with zero attached hydrogens (tertiary/aromatic N) is 2. The lowest BCUT2D eigenvalue weighted by molar-refractivity contribution is -0.139. The number of H-pyrrole nitrogens is 1. The Morgan fingerprint density at radius 2 is 1.91 bits per heavy atom. The van der Waals surface area contributed by atoms with Crippen LogP contribution in [0.3, 0.4) is 0 Å². The number of Topliss-reactive ketones (excluding diaryl/α,β-unsaturated/α-hetero) is 1. The number of hydrogen-bond donors (Lipinski definition) is 2. The molecule has 2 N–H and O–H groups in total. The van der Waals surface area contributed by atoms with Crippen molar-refractivity contribution in [3.63, 3.8) is 0 Å². The molecule has 0 aliphatic carbocycles. The molecule has 1 fully saturated rings. The molecule has 1 unspecified atom stereocenters. The number of aliphatic hydroxyl groups is 1. The minimum absolute atomic E-state index is 0.0656. The van der Waals surface area contributed by atoms with Gasteiger partial charge < -0.3 is 29.4 Å². The van der Waals surface area contributed by atoms with Crippen molar-refractivity contribution in [3.05, 3.63) is 65.4 Å². The van der Waals surface area contributed by atoms with Crippen molar-refractivity contribution >= 4 is 28.4 Å². The Kier molecular flexibility index (Phi) is 7.12. The second-order valence-electron chi connectivity index (χ2n) is 8.74. The van der Waals surface area contributed by atoms with E-state index >= 15 is 0 Å². The number of para-hydroxylation sites is 1. The van der Waals surface area contributed by atoms with Crippen molar-refractivity contribution in [3.8, 4) is 11.5 Å². The number of nitrogens with one attached hydrogen (secondary N) is 1. The summed E-state index contributed by atoms with van der Waals surface area (Å²) < 4.78 is 11.2. The summed E-state index contributed by atoms with van der Waals surface area (Å²) in [6.07, 6.45) is 2.34. The maximum atomic E-state index is 13.3. The summed E-state index contributed by atoms with van der Waals surface area (Å²) in [5.74, 6) is -0.456. The third-order valence-electron chi connectivity index (χ3n) is 6.19. The van der Waals surface area contributed by atoms with Crippen molar-refractivity contribution in [2.75, 3.05) is 40.9 Å². The van der Waals surface area contributed by atoms with Gasteiger partial charge in [0.25, 0.3) is 11.7 Å². The average Bonchev–Trinajstić information content (AvgIpc) is 3.39. The van der Waals surface area contributed by atoms with E-state index in [2.05, 4.69) is 4.98 Å². The van der Waals surface area contributed by atoms with Crippen LogP contribution in [0.2, 0.25) is 0 Å². The van der Waals surface area contributed by atoms with Gasteiger partial charge in [-0.15, -0.1) is 0 Å². The van der Waals surface area contributed by atoms with E-state index in [1.54, 1.807) is 30.3 Å². The van der Waals surface area contributed by atoms with Crippen molar-refractivity contribution in [2.24, 2.45) is 0 Å². The summed E-state index contributed by atoms with van der Waals surface area (Å²) in [6, 6.07) is 12.1. The Morgan fingerprint density at radius 1 is 1.14 bits per heavy atom. The van der Waals surface area contributed by atoms with Crippen molar-refractivity contribution in [2.45, 2.75) is 19.4 Å². The summed E-state index contributed by atoms with van der Waals surface area (Å²) in [4.78, 5) is 33.2. The molecule has 184 valence electrons. The first-order valence-electron chi connectivity index (χ1n) is 11.7. The summed E-state index contributed by atoms with van der Waals surface area (Å²) in [5, 5.41) is 12.2. The number of aromatic nitrogens is 1. The lowest BCUT2D eigenvalue weighted by Crippen LogP contribution is -2.32. The lowest BCUT2D eigenvalue weighted by atomic mass is 9.94. The van der Waals surface area contributed by atoms with E-state index in [4.69, 9.17) is 9.47 Å². The van der Waals surface area contributed by atoms with Crippen LogP contribution >= 0.6 is 0 Å². The number of benzene rings is 2. The Morgan fingerprint density at radius 3 is 2.63 bits per heavy atom. The number of carbonyl (C=O) groups excluding carboxylic acids is 2. The number of rotatable bonds is 9. The fraction of sp³-hybridized carbons (Fsp3) is 0.333. The zero-order valence-corrected chi connectivity index (χ0v) is 20.5. The fourth-order valence-corrected chi connectivity index (χ4v) is 4.56. The van der Waals surface area contributed by atoms with E-state index in [1.807, 2.05) is 56.3 Å². The molecule has 0 radical (unpaired) electrons. The minimum Gasteiger partial charge on any atom is -0.507 e. The van der Waals surface area contributed by atoms with E-state index in [9.17, 15) is 14.7 Å². The molecule has 8 heteroatoms. The number of amides is 1. The maximum Gasteiger partial charge on any atom is 0.295 e. The Bertz CT molecular complexity index is 1280. The standard InChI is InChI=1S/C27H31N3O5/c1-5-35-21-12-11-17(15-22(21)34-4)24-23(26(32)27(33)30(24)14-8-13-29(2)3)25(31)19-16-28-20-10-7-6-9-18(19)20/h6-7,9-12,15-16,24,28,31H,5,8,13-14H2,1-4H3/b25-23-. The maximum absolute atomic E-state index is 13.3. The highest BCUT2D eigenvalue weighted by Crippen LogP contribution is 2.42. The largest absolute Gasteiger partial charge is 0.507 e.